The van der Waals surface area contributed by atoms with E-state index < -0.39 is 11.4 Å². The first-order chi connectivity index (χ1) is 12.5. The summed E-state index contributed by atoms with van der Waals surface area (Å²) in [4.78, 5) is 30.4. The molecule has 136 valence electrons. The molecular weight excluding hydrogens is 336 g/mol. The van der Waals surface area contributed by atoms with E-state index in [1.54, 1.807) is 22.0 Å². The van der Waals surface area contributed by atoms with Crippen molar-refractivity contribution in [3.8, 4) is 5.69 Å². The maximum atomic E-state index is 13.0. The quantitative estimate of drug-likeness (QED) is 0.886. The summed E-state index contributed by atoms with van der Waals surface area (Å²) < 4.78 is 7.10. The maximum absolute atomic E-state index is 13.0. The predicted octanol–water partition coefficient (Wildman–Crippen LogP) is 1.14. The van der Waals surface area contributed by atoms with Gasteiger partial charge in [-0.2, -0.15) is 5.10 Å². The minimum absolute atomic E-state index is 0.145. The predicted molar refractivity (Wildman–Crippen MR) is 91.0 cm³/mol. The number of ether oxygens (including phenoxy) is 1. The van der Waals surface area contributed by atoms with Crippen molar-refractivity contribution in [2.24, 2.45) is 11.3 Å². The Morgan fingerprint density at radius 1 is 1.38 bits per heavy atom. The molecule has 1 aromatic heterocycles. The van der Waals surface area contributed by atoms with Crippen LogP contribution in [0.4, 0.5) is 0 Å². The molecule has 1 aromatic carbocycles. The molecule has 2 aromatic rings. The molecule has 0 saturated carbocycles. The third-order valence-corrected chi connectivity index (χ3v) is 5.53. The van der Waals surface area contributed by atoms with Crippen LogP contribution in [0.15, 0.2) is 30.9 Å². The molecule has 0 unspecified atom stereocenters. The number of hydrogen-bond donors (Lipinski definition) is 1. The molecule has 2 saturated heterocycles. The summed E-state index contributed by atoms with van der Waals surface area (Å²) in [5.74, 6) is -1.14. The SMILES string of the molecule is Cc1cc(C(=O)N2C[C@H]3COCC[C@@]3(C(=O)O)C2)ccc1-n1cncn1. The average molecular weight is 356 g/mol. The molecule has 2 fully saturated rings. The van der Waals surface area contributed by atoms with Crippen LogP contribution in [0, 0.1) is 18.3 Å². The van der Waals surface area contributed by atoms with Gasteiger partial charge in [-0.15, -0.1) is 0 Å². The van der Waals surface area contributed by atoms with E-state index in [4.69, 9.17) is 4.74 Å². The molecule has 2 aliphatic heterocycles. The fourth-order valence-corrected chi connectivity index (χ4v) is 4.01. The van der Waals surface area contributed by atoms with E-state index in [1.807, 2.05) is 19.1 Å². The number of carbonyl (C=O) groups excluding carboxylic acids is 1. The number of benzene rings is 1. The third kappa shape index (κ3) is 2.57. The summed E-state index contributed by atoms with van der Waals surface area (Å²) in [5.41, 5.74) is 1.41. The molecule has 8 nitrogen and oxygen atoms in total. The van der Waals surface area contributed by atoms with E-state index in [-0.39, 0.29) is 18.4 Å². The van der Waals surface area contributed by atoms with Crippen LogP contribution in [-0.2, 0) is 9.53 Å². The van der Waals surface area contributed by atoms with Gasteiger partial charge in [0.25, 0.3) is 5.91 Å². The van der Waals surface area contributed by atoms with Gasteiger partial charge in [-0.3, -0.25) is 9.59 Å². The summed E-state index contributed by atoms with van der Waals surface area (Å²) in [5, 5.41) is 13.9. The average Bonchev–Trinajstić information content (AvgIpc) is 3.29. The fraction of sp³-hybridized carbons (Fsp3) is 0.444. The number of aliphatic carboxylic acids is 1. The number of hydrogen-bond acceptors (Lipinski definition) is 5. The van der Waals surface area contributed by atoms with Crippen molar-refractivity contribution in [2.45, 2.75) is 13.3 Å². The molecule has 2 aliphatic rings. The molecule has 0 spiro atoms. The second-order valence-corrected chi connectivity index (χ2v) is 7.01. The summed E-state index contributed by atoms with van der Waals surface area (Å²) >= 11 is 0. The van der Waals surface area contributed by atoms with Crippen molar-refractivity contribution >= 4 is 11.9 Å². The molecule has 26 heavy (non-hydrogen) atoms. The zero-order chi connectivity index (χ0) is 18.3. The van der Waals surface area contributed by atoms with Gasteiger partial charge in [0.15, 0.2) is 0 Å². The van der Waals surface area contributed by atoms with Crippen LogP contribution in [0.25, 0.3) is 5.69 Å². The first kappa shape index (κ1) is 16.7. The van der Waals surface area contributed by atoms with Gasteiger partial charge in [0.2, 0.25) is 0 Å². The van der Waals surface area contributed by atoms with E-state index in [0.717, 1.165) is 11.3 Å². The molecule has 1 amide bonds. The molecule has 3 heterocycles. The van der Waals surface area contributed by atoms with E-state index in [0.29, 0.717) is 31.7 Å². The van der Waals surface area contributed by atoms with Gasteiger partial charge < -0.3 is 14.7 Å². The van der Waals surface area contributed by atoms with Gasteiger partial charge in [0, 0.05) is 31.2 Å². The number of fused-ring (bicyclic) bond motifs is 1. The number of amides is 1. The molecule has 4 rings (SSSR count). The van der Waals surface area contributed by atoms with Crippen LogP contribution < -0.4 is 0 Å². The molecule has 1 N–H and O–H groups in total. The van der Waals surface area contributed by atoms with Crippen LogP contribution in [0.2, 0.25) is 0 Å². The smallest absolute Gasteiger partial charge is 0.311 e. The second kappa shape index (κ2) is 6.21. The number of likely N-dealkylation sites (tertiary alicyclic amines) is 1. The molecule has 0 aliphatic carbocycles. The minimum Gasteiger partial charge on any atom is -0.481 e. The highest BCUT2D eigenvalue weighted by molar-refractivity contribution is 5.95. The van der Waals surface area contributed by atoms with Gasteiger partial charge >= 0.3 is 5.97 Å². The lowest BCUT2D eigenvalue weighted by atomic mass is 9.74. The van der Waals surface area contributed by atoms with Crippen LogP contribution >= 0.6 is 0 Å². The number of rotatable bonds is 3. The molecular formula is C18H20N4O4. The molecule has 2 atom stereocenters. The summed E-state index contributed by atoms with van der Waals surface area (Å²) in [6.07, 6.45) is 3.50. The Hall–Kier alpha value is -2.74. The topological polar surface area (TPSA) is 97.6 Å². The maximum Gasteiger partial charge on any atom is 0.311 e. The standard InChI is InChI=1S/C18H20N4O4/c1-12-6-13(2-3-15(12)22-11-19-10-20-22)16(23)21-7-14-8-26-5-4-18(14,9-21)17(24)25/h2-3,6,10-11,14H,4-5,7-9H2,1H3,(H,24,25)/t14-,18+/m0/s1. The number of carboxylic acids is 1. The van der Waals surface area contributed by atoms with Crippen molar-refractivity contribution in [3.63, 3.8) is 0 Å². The number of carbonyl (C=O) groups is 2. The number of carboxylic acid groups (broad SMARTS) is 1. The Kier molecular flexibility index (Phi) is 3.99. The van der Waals surface area contributed by atoms with E-state index in [1.165, 1.54) is 6.33 Å². The fourth-order valence-electron chi connectivity index (χ4n) is 4.01. The van der Waals surface area contributed by atoms with Gasteiger partial charge in [-0.25, -0.2) is 9.67 Å². The summed E-state index contributed by atoms with van der Waals surface area (Å²) in [6.45, 7) is 3.37. The van der Waals surface area contributed by atoms with Crippen molar-refractivity contribution in [2.75, 3.05) is 26.3 Å². The van der Waals surface area contributed by atoms with Crippen molar-refractivity contribution < 1.29 is 19.4 Å². The Labute approximate surface area is 150 Å². The summed E-state index contributed by atoms with van der Waals surface area (Å²) in [7, 11) is 0. The summed E-state index contributed by atoms with van der Waals surface area (Å²) in [6, 6.07) is 5.39. The van der Waals surface area contributed by atoms with Crippen molar-refractivity contribution in [1.29, 1.82) is 0 Å². The Morgan fingerprint density at radius 3 is 2.88 bits per heavy atom. The Balaban J connectivity index is 1.59. The van der Waals surface area contributed by atoms with Gasteiger partial charge in [-0.05, 0) is 37.1 Å². The third-order valence-electron chi connectivity index (χ3n) is 5.53. The van der Waals surface area contributed by atoms with Crippen molar-refractivity contribution in [3.05, 3.63) is 42.0 Å². The normalized spacial score (nSPS) is 25.1. The molecule has 8 heteroatoms. The Morgan fingerprint density at radius 2 is 2.23 bits per heavy atom. The van der Waals surface area contributed by atoms with Crippen LogP contribution in [-0.4, -0.2) is 63.0 Å². The first-order valence-corrected chi connectivity index (χ1v) is 8.57. The van der Waals surface area contributed by atoms with Gasteiger partial charge in [0.1, 0.15) is 12.7 Å². The largest absolute Gasteiger partial charge is 0.481 e. The van der Waals surface area contributed by atoms with E-state index in [9.17, 15) is 14.7 Å². The highest BCUT2D eigenvalue weighted by atomic mass is 16.5. The first-order valence-electron chi connectivity index (χ1n) is 8.57. The lowest BCUT2D eigenvalue weighted by molar-refractivity contribution is -0.157. The van der Waals surface area contributed by atoms with Crippen LogP contribution in [0.5, 0.6) is 0 Å². The van der Waals surface area contributed by atoms with Gasteiger partial charge in [0.05, 0.1) is 17.7 Å². The highest BCUT2D eigenvalue weighted by Gasteiger charge is 2.54. The lowest BCUT2D eigenvalue weighted by Crippen LogP contribution is -2.45. The van der Waals surface area contributed by atoms with Crippen molar-refractivity contribution in [1.82, 2.24) is 19.7 Å². The van der Waals surface area contributed by atoms with E-state index in [2.05, 4.69) is 10.1 Å². The number of aryl methyl sites for hydroxylation is 1. The highest BCUT2D eigenvalue weighted by Crippen LogP contribution is 2.42. The second-order valence-electron chi connectivity index (χ2n) is 7.01. The van der Waals surface area contributed by atoms with Crippen LogP contribution in [0.3, 0.4) is 0 Å². The zero-order valence-electron chi connectivity index (χ0n) is 14.5. The Bertz CT molecular complexity index is 851. The van der Waals surface area contributed by atoms with E-state index >= 15 is 0 Å². The molecule has 0 bridgehead atoms. The van der Waals surface area contributed by atoms with Gasteiger partial charge in [-0.1, -0.05) is 0 Å². The monoisotopic (exact) mass is 356 g/mol. The molecule has 0 radical (unpaired) electrons. The minimum atomic E-state index is -0.885. The number of nitrogens with zero attached hydrogens (tertiary/aromatic N) is 4. The lowest BCUT2D eigenvalue weighted by Gasteiger charge is -2.33. The van der Waals surface area contributed by atoms with Crippen LogP contribution in [0.1, 0.15) is 22.3 Å². The number of aromatic nitrogens is 3. The zero-order valence-corrected chi connectivity index (χ0v) is 14.5.